The van der Waals surface area contributed by atoms with Gasteiger partial charge in [-0.25, -0.2) is 9.97 Å². The number of fused-ring (bicyclic) bond motifs is 1. The maximum Gasteiger partial charge on any atom is 0.146 e. The Balaban J connectivity index is 1.41. The van der Waals surface area contributed by atoms with Crippen LogP contribution in [0.3, 0.4) is 0 Å². The van der Waals surface area contributed by atoms with E-state index >= 15 is 0 Å². The minimum absolute atomic E-state index is 0.0648. The van der Waals surface area contributed by atoms with Crippen molar-refractivity contribution in [3.8, 4) is 11.5 Å². The average Bonchev–Trinajstić information content (AvgIpc) is 3.33. The molecular formula is C33H39ClN4O4. The molecule has 2 aromatic carbocycles. The first-order valence-electron chi connectivity index (χ1n) is 14.3. The largest absolute Gasteiger partial charge is 0.456 e. The van der Waals surface area contributed by atoms with E-state index in [0.717, 1.165) is 34.6 Å². The minimum Gasteiger partial charge on any atom is -0.456 e. The number of ketones is 1. The lowest BCUT2D eigenvalue weighted by Crippen LogP contribution is -2.23. The first-order chi connectivity index (χ1) is 20.0. The van der Waals surface area contributed by atoms with E-state index in [1.165, 1.54) is 6.33 Å². The molecule has 1 aliphatic rings. The maximum absolute atomic E-state index is 12.2. The summed E-state index contributed by atoms with van der Waals surface area (Å²) in [6.45, 7) is 9.92. The predicted molar refractivity (Wildman–Crippen MR) is 168 cm³/mol. The van der Waals surface area contributed by atoms with E-state index in [1.807, 2.05) is 49.4 Å². The van der Waals surface area contributed by atoms with Crippen LogP contribution in [0.4, 0.5) is 11.5 Å². The van der Waals surface area contributed by atoms with Crippen LogP contribution in [0.2, 0.25) is 5.02 Å². The highest BCUT2D eigenvalue weighted by Gasteiger charge is 2.24. The molecule has 1 aromatic heterocycles. The van der Waals surface area contributed by atoms with Gasteiger partial charge in [-0.2, -0.15) is 0 Å². The number of hydrogen-bond donors (Lipinski definition) is 2. The molecule has 0 amide bonds. The summed E-state index contributed by atoms with van der Waals surface area (Å²) < 4.78 is 6.10. The van der Waals surface area contributed by atoms with Crippen molar-refractivity contribution in [1.29, 1.82) is 0 Å². The summed E-state index contributed by atoms with van der Waals surface area (Å²) >= 11 is 6.63. The van der Waals surface area contributed by atoms with Gasteiger partial charge in [0.1, 0.15) is 36.0 Å². The number of oxime groups is 1. The molecule has 0 spiro atoms. The van der Waals surface area contributed by atoms with Crippen LogP contribution in [0.15, 0.2) is 60.0 Å². The monoisotopic (exact) mass is 590 g/mol. The fourth-order valence-corrected chi connectivity index (χ4v) is 4.91. The summed E-state index contributed by atoms with van der Waals surface area (Å²) in [7, 11) is 0. The zero-order chi connectivity index (χ0) is 30.3. The maximum atomic E-state index is 12.2. The summed E-state index contributed by atoms with van der Waals surface area (Å²) in [5, 5.41) is 17.9. The number of benzene rings is 2. The van der Waals surface area contributed by atoms with Crippen LogP contribution < -0.4 is 10.1 Å². The van der Waals surface area contributed by atoms with Crippen molar-refractivity contribution in [3.05, 3.63) is 76.7 Å². The Bertz CT molecular complexity index is 1460. The zero-order valence-electron chi connectivity index (χ0n) is 24.9. The van der Waals surface area contributed by atoms with Crippen molar-refractivity contribution in [3.63, 3.8) is 0 Å². The van der Waals surface area contributed by atoms with Gasteiger partial charge in [0.05, 0.1) is 22.0 Å². The first-order valence-corrected chi connectivity index (χ1v) is 14.6. The van der Waals surface area contributed by atoms with Crippen molar-refractivity contribution in [2.24, 2.45) is 11.1 Å². The third kappa shape index (κ3) is 8.87. The molecule has 1 heterocycles. The molecule has 0 fully saturated rings. The summed E-state index contributed by atoms with van der Waals surface area (Å²) in [5.74, 6) is 2.41. The minimum atomic E-state index is -0.982. The number of ether oxygens (including phenoxy) is 1. The number of halogens is 1. The van der Waals surface area contributed by atoms with E-state index in [4.69, 9.17) is 21.2 Å². The number of Topliss-reactive ketones (excluding diaryl/α,β-unsaturated/α-hetero) is 1. The Hall–Kier alpha value is -3.75. The molecule has 0 saturated heterocycles. The number of aromatic nitrogens is 2. The third-order valence-corrected chi connectivity index (χ3v) is 6.95. The Morgan fingerprint density at radius 3 is 2.74 bits per heavy atom. The molecule has 1 unspecified atom stereocenters. The second kappa shape index (κ2) is 13.9. The Morgan fingerprint density at radius 1 is 1.19 bits per heavy atom. The molecule has 3 aromatic rings. The van der Waals surface area contributed by atoms with Crippen LogP contribution in [-0.2, 0) is 9.63 Å². The van der Waals surface area contributed by atoms with Gasteiger partial charge in [-0.05, 0) is 75.9 Å². The SMILES string of the molecule is C/C(=N\OCC(C)C)c1cccc(Oc2ccc(Nc3ncnc4c3C(CCCC(=O)CC(C)(C)O)C=C4)cc2Cl)c1. The Kier molecular flexibility index (Phi) is 10.4. The molecular weight excluding hydrogens is 552 g/mol. The predicted octanol–water partition coefficient (Wildman–Crippen LogP) is 8.07. The Morgan fingerprint density at radius 2 is 2.00 bits per heavy atom. The van der Waals surface area contributed by atoms with E-state index in [2.05, 4.69) is 40.4 Å². The summed E-state index contributed by atoms with van der Waals surface area (Å²) in [6, 6.07) is 13.1. The third-order valence-electron chi connectivity index (χ3n) is 6.66. The summed E-state index contributed by atoms with van der Waals surface area (Å²) in [6.07, 6.45) is 7.72. The number of nitrogens with zero attached hydrogens (tertiary/aromatic N) is 3. The quantitative estimate of drug-likeness (QED) is 0.144. The molecule has 1 aliphatic carbocycles. The fraction of sp³-hybridized carbons (Fsp3) is 0.394. The molecule has 0 saturated carbocycles. The number of nitrogens with one attached hydrogen (secondary N) is 1. The summed E-state index contributed by atoms with van der Waals surface area (Å²) in [5.41, 5.74) is 3.29. The molecule has 9 heteroatoms. The van der Waals surface area contributed by atoms with Crippen molar-refractivity contribution in [1.82, 2.24) is 9.97 Å². The van der Waals surface area contributed by atoms with Crippen molar-refractivity contribution < 1.29 is 19.5 Å². The molecule has 0 aliphatic heterocycles. The number of allylic oxidation sites excluding steroid dienone is 1. The van der Waals surface area contributed by atoms with Crippen LogP contribution in [-0.4, -0.2) is 38.8 Å². The second-order valence-electron chi connectivity index (χ2n) is 11.7. The van der Waals surface area contributed by atoms with Gasteiger partial charge in [-0.3, -0.25) is 4.79 Å². The van der Waals surface area contributed by atoms with Gasteiger partial charge in [-0.15, -0.1) is 0 Å². The van der Waals surface area contributed by atoms with Crippen LogP contribution in [0.5, 0.6) is 11.5 Å². The van der Waals surface area contributed by atoms with Crippen LogP contribution in [0.1, 0.15) is 83.0 Å². The fourth-order valence-electron chi connectivity index (χ4n) is 4.69. The lowest BCUT2D eigenvalue weighted by atomic mass is 9.94. The van der Waals surface area contributed by atoms with Gasteiger partial charge in [0, 0.05) is 35.6 Å². The lowest BCUT2D eigenvalue weighted by molar-refractivity contribution is -0.122. The number of rotatable bonds is 14. The van der Waals surface area contributed by atoms with Gasteiger partial charge < -0.3 is 20.0 Å². The van der Waals surface area contributed by atoms with Crippen LogP contribution in [0.25, 0.3) is 6.08 Å². The molecule has 42 heavy (non-hydrogen) atoms. The highest BCUT2D eigenvalue weighted by Crippen LogP contribution is 2.39. The van der Waals surface area contributed by atoms with Crippen molar-refractivity contribution >= 4 is 40.7 Å². The number of hydrogen-bond acceptors (Lipinski definition) is 8. The van der Waals surface area contributed by atoms with Crippen LogP contribution in [0, 0.1) is 5.92 Å². The second-order valence-corrected chi connectivity index (χ2v) is 12.1. The Labute approximate surface area is 252 Å². The highest BCUT2D eigenvalue weighted by molar-refractivity contribution is 6.32. The molecule has 0 radical (unpaired) electrons. The van der Waals surface area contributed by atoms with Gasteiger partial charge in [0.25, 0.3) is 0 Å². The molecule has 0 bridgehead atoms. The topological polar surface area (TPSA) is 106 Å². The lowest BCUT2D eigenvalue weighted by Gasteiger charge is -2.17. The number of aliphatic hydroxyl groups is 1. The van der Waals surface area contributed by atoms with Gasteiger partial charge in [-0.1, -0.05) is 48.8 Å². The van der Waals surface area contributed by atoms with E-state index < -0.39 is 5.60 Å². The average molecular weight is 591 g/mol. The zero-order valence-corrected chi connectivity index (χ0v) is 25.6. The first kappa shape index (κ1) is 31.2. The highest BCUT2D eigenvalue weighted by atomic mass is 35.5. The van der Waals surface area contributed by atoms with Crippen molar-refractivity contribution in [2.75, 3.05) is 11.9 Å². The number of anilines is 2. The van der Waals surface area contributed by atoms with Gasteiger partial charge >= 0.3 is 0 Å². The van der Waals surface area contributed by atoms with E-state index in [1.54, 1.807) is 19.9 Å². The molecule has 222 valence electrons. The summed E-state index contributed by atoms with van der Waals surface area (Å²) in [4.78, 5) is 26.6. The molecule has 1 atom stereocenters. The van der Waals surface area contributed by atoms with Gasteiger partial charge in [0.2, 0.25) is 0 Å². The van der Waals surface area contributed by atoms with E-state index in [0.29, 0.717) is 47.7 Å². The van der Waals surface area contributed by atoms with E-state index in [-0.39, 0.29) is 18.1 Å². The number of carbonyl (C=O) groups excluding carboxylic acids is 1. The standard InChI is InChI=1S/C33H39ClN4O4/c1-21(2)19-41-38-22(3)24-9-7-11-27(16-24)42-30-15-13-25(17-28(30)34)37-32-31-23(12-14-29(31)35-20-36-32)8-6-10-26(39)18-33(4,5)40/h7,9,11-17,20-21,23,40H,6,8,10,18-19H2,1-5H3,(H,35,36,37)/b38-22+. The number of carbonyl (C=O) groups is 1. The van der Waals surface area contributed by atoms with E-state index in [9.17, 15) is 9.90 Å². The van der Waals surface area contributed by atoms with Crippen molar-refractivity contribution in [2.45, 2.75) is 71.8 Å². The normalized spacial score (nSPS) is 14.7. The molecule has 2 N–H and O–H groups in total. The molecule has 8 nitrogen and oxygen atoms in total. The molecule has 4 rings (SSSR count). The smallest absolute Gasteiger partial charge is 0.146 e. The van der Waals surface area contributed by atoms with Crippen LogP contribution >= 0.6 is 11.6 Å². The van der Waals surface area contributed by atoms with Gasteiger partial charge in [0.15, 0.2) is 0 Å².